The highest BCUT2D eigenvalue weighted by Crippen LogP contribution is 2.22. The summed E-state index contributed by atoms with van der Waals surface area (Å²) in [5.74, 6) is -0.0290. The zero-order chi connectivity index (χ0) is 17.1. The molecule has 124 valence electrons. The van der Waals surface area contributed by atoms with Crippen molar-refractivity contribution in [2.75, 3.05) is 6.54 Å². The summed E-state index contributed by atoms with van der Waals surface area (Å²) in [6.07, 6.45) is 3.69. The number of hydrogen-bond donors (Lipinski definition) is 1. The van der Waals surface area contributed by atoms with Crippen molar-refractivity contribution in [2.24, 2.45) is 0 Å². The Morgan fingerprint density at radius 2 is 2.00 bits per heavy atom. The van der Waals surface area contributed by atoms with Crippen LogP contribution in [0.15, 0.2) is 48.1 Å². The second-order valence-electron chi connectivity index (χ2n) is 6.00. The van der Waals surface area contributed by atoms with E-state index < -0.39 is 0 Å². The number of aromatic nitrogens is 2. The Labute approximate surface area is 146 Å². The summed E-state index contributed by atoms with van der Waals surface area (Å²) in [6, 6.07) is 10.1. The van der Waals surface area contributed by atoms with E-state index in [1.165, 1.54) is 10.4 Å². The number of carbonyl (C=O) groups excluding carboxylic acids is 1. The Hall–Kier alpha value is -2.40. The Balaban J connectivity index is 1.79. The Kier molecular flexibility index (Phi) is 4.81. The highest BCUT2D eigenvalue weighted by atomic mass is 32.1. The van der Waals surface area contributed by atoms with Gasteiger partial charge in [-0.15, -0.1) is 11.3 Å². The van der Waals surface area contributed by atoms with Crippen LogP contribution in [0.2, 0.25) is 0 Å². The smallest absolute Gasteiger partial charge is 0.251 e. The van der Waals surface area contributed by atoms with Crippen molar-refractivity contribution in [2.45, 2.75) is 26.8 Å². The number of thiophene rings is 1. The Bertz CT molecular complexity index is 765. The average Bonchev–Trinajstić information content (AvgIpc) is 3.20. The number of amides is 1. The molecule has 1 N–H and O–H groups in total. The SMILES string of the molecule is Cc1cc(C)c(C(=O)NCC(c2cccs2)n2cccn2)c(C)c1. The van der Waals surface area contributed by atoms with Gasteiger partial charge in [-0.1, -0.05) is 23.8 Å². The monoisotopic (exact) mass is 339 g/mol. The average molecular weight is 339 g/mol. The molecule has 24 heavy (non-hydrogen) atoms. The van der Waals surface area contributed by atoms with Crippen LogP contribution < -0.4 is 5.32 Å². The van der Waals surface area contributed by atoms with Crippen LogP contribution in [0.1, 0.15) is 38.0 Å². The van der Waals surface area contributed by atoms with E-state index >= 15 is 0 Å². The van der Waals surface area contributed by atoms with Gasteiger partial charge >= 0.3 is 0 Å². The molecule has 4 nitrogen and oxygen atoms in total. The summed E-state index contributed by atoms with van der Waals surface area (Å²) in [5.41, 5.74) is 3.97. The van der Waals surface area contributed by atoms with Crippen LogP contribution in [-0.2, 0) is 0 Å². The summed E-state index contributed by atoms with van der Waals surface area (Å²) >= 11 is 1.67. The fraction of sp³-hybridized carbons (Fsp3) is 0.263. The molecular weight excluding hydrogens is 318 g/mol. The van der Waals surface area contributed by atoms with E-state index in [9.17, 15) is 4.79 Å². The van der Waals surface area contributed by atoms with Crippen molar-refractivity contribution in [1.82, 2.24) is 15.1 Å². The molecule has 1 unspecified atom stereocenters. The van der Waals surface area contributed by atoms with Crippen LogP contribution in [0.25, 0.3) is 0 Å². The largest absolute Gasteiger partial charge is 0.349 e. The van der Waals surface area contributed by atoms with Gasteiger partial charge < -0.3 is 5.32 Å². The molecule has 1 aromatic carbocycles. The number of nitrogens with one attached hydrogen (secondary N) is 1. The third kappa shape index (κ3) is 3.41. The number of nitrogens with zero attached hydrogens (tertiary/aromatic N) is 2. The number of benzene rings is 1. The molecule has 1 atom stereocenters. The summed E-state index contributed by atoms with van der Waals surface area (Å²) < 4.78 is 1.89. The molecule has 0 aliphatic heterocycles. The molecule has 2 aromatic heterocycles. The zero-order valence-corrected chi connectivity index (χ0v) is 14.9. The topological polar surface area (TPSA) is 46.9 Å². The van der Waals surface area contributed by atoms with Crippen molar-refractivity contribution in [3.05, 3.63) is 75.2 Å². The zero-order valence-electron chi connectivity index (χ0n) is 14.1. The number of hydrogen-bond acceptors (Lipinski definition) is 3. The van der Waals surface area contributed by atoms with Crippen molar-refractivity contribution < 1.29 is 4.79 Å². The first-order valence-corrected chi connectivity index (χ1v) is 8.83. The first kappa shape index (κ1) is 16.5. The molecule has 3 rings (SSSR count). The molecular formula is C19H21N3OS. The number of carbonyl (C=O) groups is 1. The van der Waals surface area contributed by atoms with Gasteiger partial charge in [0.2, 0.25) is 0 Å². The third-order valence-corrected chi connectivity index (χ3v) is 5.05. The summed E-state index contributed by atoms with van der Waals surface area (Å²) in [4.78, 5) is 13.9. The van der Waals surface area contributed by atoms with Gasteiger partial charge in [0, 0.05) is 29.4 Å². The molecule has 5 heteroatoms. The predicted octanol–water partition coefficient (Wildman–Crippen LogP) is 3.89. The van der Waals surface area contributed by atoms with Gasteiger partial charge in [0.25, 0.3) is 5.91 Å². The lowest BCUT2D eigenvalue weighted by Gasteiger charge is -2.18. The van der Waals surface area contributed by atoms with E-state index in [2.05, 4.69) is 16.5 Å². The predicted molar refractivity (Wildman–Crippen MR) is 97.7 cm³/mol. The molecule has 0 saturated carbocycles. The van der Waals surface area contributed by atoms with Crippen LogP contribution in [0.5, 0.6) is 0 Å². The molecule has 1 amide bonds. The van der Waals surface area contributed by atoms with Gasteiger partial charge in [0.1, 0.15) is 6.04 Å². The van der Waals surface area contributed by atoms with E-state index in [-0.39, 0.29) is 11.9 Å². The second kappa shape index (κ2) is 7.01. The second-order valence-corrected chi connectivity index (χ2v) is 6.98. The third-order valence-electron chi connectivity index (χ3n) is 4.08. The fourth-order valence-electron chi connectivity index (χ4n) is 3.09. The van der Waals surface area contributed by atoms with Crippen molar-refractivity contribution >= 4 is 17.2 Å². The Morgan fingerprint density at radius 1 is 1.25 bits per heavy atom. The molecule has 0 bridgehead atoms. The van der Waals surface area contributed by atoms with E-state index in [1.807, 2.05) is 61.3 Å². The summed E-state index contributed by atoms with van der Waals surface area (Å²) in [7, 11) is 0. The first-order valence-electron chi connectivity index (χ1n) is 7.95. The van der Waals surface area contributed by atoms with Crippen LogP contribution in [0.3, 0.4) is 0 Å². The number of rotatable bonds is 5. The lowest BCUT2D eigenvalue weighted by molar-refractivity contribution is 0.0948. The first-order chi connectivity index (χ1) is 11.6. The molecule has 0 aliphatic rings. The number of aryl methyl sites for hydroxylation is 3. The molecule has 0 spiro atoms. The van der Waals surface area contributed by atoms with Gasteiger partial charge in [0.05, 0.1) is 0 Å². The molecule has 0 fully saturated rings. The van der Waals surface area contributed by atoms with Crippen molar-refractivity contribution in [3.8, 4) is 0 Å². The minimum absolute atomic E-state index is 0.00927. The van der Waals surface area contributed by atoms with E-state index in [4.69, 9.17) is 0 Å². The lowest BCUT2D eigenvalue weighted by atomic mass is 9.99. The molecule has 0 saturated heterocycles. The van der Waals surface area contributed by atoms with E-state index in [0.29, 0.717) is 6.54 Å². The van der Waals surface area contributed by atoms with Crippen molar-refractivity contribution in [1.29, 1.82) is 0 Å². The summed E-state index contributed by atoms with van der Waals surface area (Å²) in [5, 5.41) is 9.47. The van der Waals surface area contributed by atoms with Crippen LogP contribution in [-0.4, -0.2) is 22.2 Å². The maximum atomic E-state index is 12.7. The molecule has 0 aliphatic carbocycles. The standard InChI is InChI=1S/C19H21N3OS/c1-13-10-14(2)18(15(3)11-13)19(23)20-12-16(17-6-4-9-24-17)22-8-5-7-21-22/h4-11,16H,12H2,1-3H3,(H,20,23). The molecule has 2 heterocycles. The van der Waals surface area contributed by atoms with Crippen LogP contribution >= 0.6 is 11.3 Å². The van der Waals surface area contributed by atoms with Gasteiger partial charge in [-0.2, -0.15) is 5.10 Å². The Morgan fingerprint density at radius 3 is 2.58 bits per heavy atom. The van der Waals surface area contributed by atoms with Crippen molar-refractivity contribution in [3.63, 3.8) is 0 Å². The highest BCUT2D eigenvalue weighted by Gasteiger charge is 2.18. The summed E-state index contributed by atoms with van der Waals surface area (Å²) in [6.45, 7) is 6.53. The van der Waals surface area contributed by atoms with Gasteiger partial charge in [-0.3, -0.25) is 9.48 Å². The molecule has 3 aromatic rings. The fourth-order valence-corrected chi connectivity index (χ4v) is 3.91. The quantitative estimate of drug-likeness (QED) is 0.766. The minimum atomic E-state index is -0.0290. The maximum Gasteiger partial charge on any atom is 0.251 e. The minimum Gasteiger partial charge on any atom is -0.349 e. The van der Waals surface area contributed by atoms with E-state index in [0.717, 1.165) is 16.7 Å². The van der Waals surface area contributed by atoms with Gasteiger partial charge in [-0.05, 0) is 49.4 Å². The normalized spacial score (nSPS) is 12.1. The van der Waals surface area contributed by atoms with Crippen LogP contribution in [0.4, 0.5) is 0 Å². The van der Waals surface area contributed by atoms with Gasteiger partial charge in [0.15, 0.2) is 0 Å². The molecule has 0 radical (unpaired) electrons. The lowest BCUT2D eigenvalue weighted by Crippen LogP contribution is -2.32. The van der Waals surface area contributed by atoms with Crippen LogP contribution in [0, 0.1) is 20.8 Å². The van der Waals surface area contributed by atoms with Gasteiger partial charge in [-0.25, -0.2) is 0 Å². The van der Waals surface area contributed by atoms with E-state index in [1.54, 1.807) is 17.5 Å². The highest BCUT2D eigenvalue weighted by molar-refractivity contribution is 7.10. The maximum absolute atomic E-state index is 12.7.